The van der Waals surface area contributed by atoms with E-state index in [0.29, 0.717) is 26.4 Å². The Morgan fingerprint density at radius 3 is 2.23 bits per heavy atom. The molecule has 7 nitrogen and oxygen atoms in total. The molecule has 8 heteroatoms. The molecule has 0 aromatic carbocycles. The number of aliphatic hydroxyl groups excluding tert-OH is 1. The Balaban J connectivity index is -0.000000480. The monoisotopic (exact) mass is 481 g/mol. The number of carbonyl (C=O) groups is 1. The van der Waals surface area contributed by atoms with Crippen LogP contribution < -0.4 is 0 Å². The summed E-state index contributed by atoms with van der Waals surface area (Å²) >= 11 is 0. The number of ether oxygens (including phenoxy) is 3. The number of carbonyl (C=O) groups excluding carboxylic acids is 1. The van der Waals surface area contributed by atoms with E-state index in [0.717, 1.165) is 44.7 Å². The first-order valence-electron chi connectivity index (χ1n) is 10.6. The Morgan fingerprint density at radius 2 is 1.70 bits per heavy atom. The first-order chi connectivity index (χ1) is 13.7. The molecule has 1 N–H and O–H groups in total. The summed E-state index contributed by atoms with van der Waals surface area (Å²) in [4.78, 5) is 12.8. The molecule has 174 valence electrons. The van der Waals surface area contributed by atoms with E-state index in [9.17, 15) is 4.79 Å². The SMILES string of the molecule is CC(=O)C=C(C)[N-]CCCN(C)C.CCCCOCCOCC(C)OCC(C)O.[Zn+2]. The minimum absolute atomic E-state index is 0. The van der Waals surface area contributed by atoms with Gasteiger partial charge in [-0.05, 0) is 53.9 Å². The van der Waals surface area contributed by atoms with Gasteiger partial charge in [0.05, 0.1) is 38.6 Å². The summed E-state index contributed by atoms with van der Waals surface area (Å²) in [6.07, 6.45) is 4.47. The van der Waals surface area contributed by atoms with Crippen molar-refractivity contribution in [3.63, 3.8) is 0 Å². The molecule has 2 unspecified atom stereocenters. The maximum Gasteiger partial charge on any atom is 2.00 e. The number of hydrogen-bond acceptors (Lipinski definition) is 6. The minimum atomic E-state index is -0.417. The molecular weight excluding hydrogens is 438 g/mol. The Bertz CT molecular complexity index is 407. The van der Waals surface area contributed by atoms with Crippen LogP contribution >= 0.6 is 0 Å². The molecule has 0 heterocycles. The zero-order chi connectivity index (χ0) is 22.5. The van der Waals surface area contributed by atoms with Crippen LogP contribution in [0.25, 0.3) is 5.32 Å². The van der Waals surface area contributed by atoms with Crippen molar-refractivity contribution in [2.45, 2.75) is 66.1 Å². The van der Waals surface area contributed by atoms with Crippen LogP contribution in [0.2, 0.25) is 0 Å². The third-order valence-electron chi connectivity index (χ3n) is 3.53. The molecule has 30 heavy (non-hydrogen) atoms. The molecular formula is C22H45N2O5Zn+. The van der Waals surface area contributed by atoms with Crippen LogP contribution in [-0.2, 0) is 38.5 Å². The molecule has 0 aliphatic heterocycles. The molecule has 0 aromatic heterocycles. The van der Waals surface area contributed by atoms with Gasteiger partial charge in [0.1, 0.15) is 0 Å². The van der Waals surface area contributed by atoms with Crippen molar-refractivity contribution in [3.05, 3.63) is 17.1 Å². The largest absolute Gasteiger partial charge is 2.00 e. The number of unbranched alkanes of at least 4 members (excludes halogenated alkanes) is 1. The van der Waals surface area contributed by atoms with Crippen LogP contribution in [0, 0.1) is 0 Å². The van der Waals surface area contributed by atoms with Crippen LogP contribution in [0.4, 0.5) is 0 Å². The van der Waals surface area contributed by atoms with Crippen LogP contribution in [0.3, 0.4) is 0 Å². The van der Waals surface area contributed by atoms with E-state index in [4.69, 9.17) is 19.3 Å². The second-order valence-corrected chi connectivity index (χ2v) is 7.47. The van der Waals surface area contributed by atoms with Crippen molar-refractivity contribution in [2.24, 2.45) is 0 Å². The summed E-state index contributed by atoms with van der Waals surface area (Å²) < 4.78 is 16.1. The summed E-state index contributed by atoms with van der Waals surface area (Å²) in [7, 11) is 4.08. The number of allylic oxidation sites excluding steroid dienone is 2. The van der Waals surface area contributed by atoms with Crippen molar-refractivity contribution >= 4 is 5.78 Å². The molecule has 0 rings (SSSR count). The van der Waals surface area contributed by atoms with E-state index < -0.39 is 6.10 Å². The molecule has 0 bridgehead atoms. The number of rotatable bonds is 17. The van der Waals surface area contributed by atoms with Gasteiger partial charge in [-0.1, -0.05) is 26.7 Å². The van der Waals surface area contributed by atoms with Gasteiger partial charge in [-0.2, -0.15) is 5.70 Å². The summed E-state index contributed by atoms with van der Waals surface area (Å²) in [5.41, 5.74) is 0.825. The van der Waals surface area contributed by atoms with Gasteiger partial charge >= 0.3 is 19.5 Å². The van der Waals surface area contributed by atoms with Crippen molar-refractivity contribution < 1.29 is 43.6 Å². The number of ketones is 1. The predicted molar refractivity (Wildman–Crippen MR) is 119 cm³/mol. The Hall–Kier alpha value is -0.367. The third-order valence-corrected chi connectivity index (χ3v) is 3.53. The van der Waals surface area contributed by atoms with E-state index in [-0.39, 0.29) is 31.4 Å². The Kier molecular flexibility index (Phi) is 28.4. The normalized spacial score (nSPS) is 13.2. The first kappa shape index (κ1) is 34.3. The number of hydrogen-bond donors (Lipinski definition) is 1. The zero-order valence-electron chi connectivity index (χ0n) is 20.5. The number of aliphatic hydroxyl groups is 1. The molecule has 0 aliphatic carbocycles. The predicted octanol–water partition coefficient (Wildman–Crippen LogP) is 3.41. The van der Waals surface area contributed by atoms with Crippen molar-refractivity contribution in [1.29, 1.82) is 0 Å². The van der Waals surface area contributed by atoms with Crippen LogP contribution in [-0.4, -0.2) is 88.2 Å². The average Bonchev–Trinajstić information content (AvgIpc) is 2.62. The topological polar surface area (TPSA) is 82.3 Å². The van der Waals surface area contributed by atoms with E-state index in [1.165, 1.54) is 0 Å². The molecule has 0 aliphatic rings. The van der Waals surface area contributed by atoms with E-state index >= 15 is 0 Å². The van der Waals surface area contributed by atoms with Crippen LogP contribution in [0.1, 0.15) is 53.9 Å². The van der Waals surface area contributed by atoms with Gasteiger partial charge < -0.3 is 29.5 Å². The second kappa shape index (κ2) is 24.9. The van der Waals surface area contributed by atoms with Gasteiger partial charge in [0.25, 0.3) is 0 Å². The fourth-order valence-corrected chi connectivity index (χ4v) is 2.05. The average molecular weight is 483 g/mol. The van der Waals surface area contributed by atoms with Gasteiger partial charge in [-0.25, -0.2) is 0 Å². The molecule has 0 spiro atoms. The molecule has 0 saturated carbocycles. The maximum absolute atomic E-state index is 10.7. The van der Waals surface area contributed by atoms with Crippen molar-refractivity contribution in [1.82, 2.24) is 4.90 Å². The van der Waals surface area contributed by atoms with E-state index in [1.54, 1.807) is 19.9 Å². The third kappa shape index (κ3) is 32.3. The summed E-state index contributed by atoms with van der Waals surface area (Å²) in [5.74, 6) is 0.0638. The summed E-state index contributed by atoms with van der Waals surface area (Å²) in [5, 5.41) is 13.3. The van der Waals surface area contributed by atoms with Gasteiger partial charge in [-0.15, -0.1) is 6.54 Å². The standard InChI is InChI=1S/C12H26O4.C10H20N2O.Zn/c1-4-5-6-14-7-8-15-10-12(3)16-9-11(2)13;1-9(8-10(2)13)11-6-5-7-12(3)4;/h11-13H,4-10H2,1-3H3;8H,5-7H2,1-4H3,(H,11,13);/q;;+2/p-1. The molecule has 0 aromatic rings. The molecule has 0 fully saturated rings. The van der Waals surface area contributed by atoms with Gasteiger partial charge in [0, 0.05) is 6.61 Å². The van der Waals surface area contributed by atoms with Gasteiger partial charge in [-0.3, -0.25) is 4.79 Å². The van der Waals surface area contributed by atoms with Crippen LogP contribution in [0.15, 0.2) is 11.8 Å². The van der Waals surface area contributed by atoms with Crippen molar-refractivity contribution in [3.8, 4) is 0 Å². The smallest absolute Gasteiger partial charge is 0.688 e. The fourth-order valence-electron chi connectivity index (χ4n) is 2.05. The van der Waals surface area contributed by atoms with Crippen LogP contribution in [0.5, 0.6) is 0 Å². The molecule has 0 amide bonds. The molecule has 0 radical (unpaired) electrons. The number of nitrogens with zero attached hydrogens (tertiary/aromatic N) is 2. The quantitative estimate of drug-likeness (QED) is 0.194. The molecule has 2 atom stereocenters. The van der Waals surface area contributed by atoms with E-state index in [1.807, 2.05) is 27.9 Å². The summed E-state index contributed by atoms with van der Waals surface area (Å²) in [6.45, 7) is 14.0. The Labute approximate surface area is 197 Å². The van der Waals surface area contributed by atoms with Gasteiger partial charge in [0.2, 0.25) is 0 Å². The zero-order valence-corrected chi connectivity index (χ0v) is 23.5. The second-order valence-electron chi connectivity index (χ2n) is 7.47. The maximum atomic E-state index is 10.7. The fraction of sp³-hybridized carbons (Fsp3) is 0.864. The Morgan fingerprint density at radius 1 is 1.07 bits per heavy atom. The minimum Gasteiger partial charge on any atom is -0.688 e. The first-order valence-corrected chi connectivity index (χ1v) is 10.6. The van der Waals surface area contributed by atoms with Gasteiger partial charge in [0.15, 0.2) is 5.78 Å². The summed E-state index contributed by atoms with van der Waals surface area (Å²) in [6, 6.07) is 0. The van der Waals surface area contributed by atoms with Crippen molar-refractivity contribution in [2.75, 3.05) is 60.2 Å². The molecule has 0 saturated heterocycles. The van der Waals surface area contributed by atoms with E-state index in [2.05, 4.69) is 17.1 Å².